The molecule has 2 aliphatic rings. The van der Waals surface area contributed by atoms with Gasteiger partial charge in [-0.1, -0.05) is 36.4 Å². The van der Waals surface area contributed by atoms with E-state index in [0.717, 1.165) is 34.5 Å². The third kappa shape index (κ3) is 3.80. The first-order valence-corrected chi connectivity index (χ1v) is 12.5. The van der Waals surface area contributed by atoms with E-state index < -0.39 is 6.04 Å². The Morgan fingerprint density at radius 2 is 1.82 bits per heavy atom. The molecule has 2 aliphatic heterocycles. The highest BCUT2D eigenvalue weighted by Gasteiger charge is 2.39. The molecule has 0 N–H and O–H groups in total. The van der Waals surface area contributed by atoms with E-state index >= 15 is 0 Å². The molecule has 6 nitrogen and oxygen atoms in total. The molecule has 0 radical (unpaired) electrons. The van der Waals surface area contributed by atoms with Crippen molar-refractivity contribution >= 4 is 33.4 Å². The molecule has 2 aromatic heterocycles. The van der Waals surface area contributed by atoms with Crippen LogP contribution in [0.1, 0.15) is 45.4 Å². The second kappa shape index (κ2) is 8.72. The molecule has 0 saturated carbocycles. The minimum absolute atomic E-state index is 0.0141. The lowest BCUT2D eigenvalue weighted by atomic mass is 9.91. The van der Waals surface area contributed by atoms with Gasteiger partial charge in [0.25, 0.3) is 5.91 Å². The number of thiazole rings is 1. The van der Waals surface area contributed by atoms with Gasteiger partial charge in [-0.2, -0.15) is 0 Å². The number of likely N-dealkylation sites (tertiary alicyclic amines) is 1. The Labute approximate surface area is 201 Å². The highest BCUT2D eigenvalue weighted by atomic mass is 32.1. The van der Waals surface area contributed by atoms with Gasteiger partial charge in [-0.15, -0.1) is 11.3 Å². The molecule has 2 atom stereocenters. The zero-order valence-corrected chi connectivity index (χ0v) is 19.5. The van der Waals surface area contributed by atoms with Crippen molar-refractivity contribution in [3.05, 3.63) is 88.8 Å². The summed E-state index contributed by atoms with van der Waals surface area (Å²) in [5, 5.41) is 1.09. The molecule has 6 rings (SSSR count). The first-order chi connectivity index (χ1) is 16.7. The van der Waals surface area contributed by atoms with Gasteiger partial charge < -0.3 is 14.2 Å². The Morgan fingerprint density at radius 3 is 2.65 bits per heavy atom. The van der Waals surface area contributed by atoms with Crippen molar-refractivity contribution in [3.63, 3.8) is 0 Å². The molecule has 4 aromatic rings. The van der Waals surface area contributed by atoms with E-state index in [1.807, 2.05) is 41.3 Å². The molecule has 1 fully saturated rings. The zero-order chi connectivity index (χ0) is 23.1. The second-order valence-corrected chi connectivity index (χ2v) is 10.1. The fourth-order valence-corrected chi connectivity index (χ4v) is 6.25. The van der Waals surface area contributed by atoms with Crippen LogP contribution < -0.4 is 0 Å². The summed E-state index contributed by atoms with van der Waals surface area (Å²) < 4.78 is 6.57. The molecular weight excluding hydrogens is 446 g/mol. The molecule has 0 spiro atoms. The van der Waals surface area contributed by atoms with E-state index in [0.29, 0.717) is 26.1 Å². The maximum absolute atomic E-state index is 13.9. The van der Waals surface area contributed by atoms with Crippen LogP contribution in [0.5, 0.6) is 0 Å². The average molecular weight is 472 g/mol. The number of carbonyl (C=O) groups excluding carboxylic acids is 2. The molecule has 172 valence electrons. The van der Waals surface area contributed by atoms with Crippen molar-refractivity contribution in [2.24, 2.45) is 0 Å². The Balaban J connectivity index is 1.27. The van der Waals surface area contributed by atoms with Gasteiger partial charge >= 0.3 is 0 Å². The Morgan fingerprint density at radius 1 is 1.00 bits per heavy atom. The summed E-state index contributed by atoms with van der Waals surface area (Å²) in [6.07, 6.45) is 3.97. The number of piperidine rings is 1. The van der Waals surface area contributed by atoms with E-state index in [4.69, 9.17) is 9.40 Å². The van der Waals surface area contributed by atoms with E-state index in [2.05, 4.69) is 12.1 Å². The lowest BCUT2D eigenvalue weighted by molar-refractivity contribution is -0.138. The number of nitrogens with zero attached hydrogens (tertiary/aromatic N) is 3. The summed E-state index contributed by atoms with van der Waals surface area (Å²) in [5.74, 6) is 0.265. The Bertz CT molecular complexity index is 1310. The average Bonchev–Trinajstić information content (AvgIpc) is 3.57. The van der Waals surface area contributed by atoms with Crippen molar-refractivity contribution in [1.82, 2.24) is 14.8 Å². The number of benzene rings is 2. The third-order valence-corrected chi connectivity index (χ3v) is 8.12. The number of aromatic nitrogens is 1. The summed E-state index contributed by atoms with van der Waals surface area (Å²) in [5.41, 5.74) is 3.23. The molecule has 0 aliphatic carbocycles. The topological polar surface area (TPSA) is 66.7 Å². The van der Waals surface area contributed by atoms with Crippen LogP contribution in [0.4, 0.5) is 0 Å². The SMILES string of the molecule is O=C([C@@H]1Cc2ccccc2CN1C(=O)c1ccco1)N1CCC[C@H](c2nc3ccccc3s2)C1. The van der Waals surface area contributed by atoms with Crippen LogP contribution in [-0.4, -0.2) is 45.7 Å². The first kappa shape index (κ1) is 21.1. The van der Waals surface area contributed by atoms with Crippen LogP contribution in [0.15, 0.2) is 71.3 Å². The smallest absolute Gasteiger partial charge is 0.290 e. The number of hydrogen-bond acceptors (Lipinski definition) is 5. The molecule has 34 heavy (non-hydrogen) atoms. The highest BCUT2D eigenvalue weighted by Crippen LogP contribution is 2.34. The number of amides is 2. The fourth-order valence-electron chi connectivity index (χ4n) is 5.15. The lowest BCUT2D eigenvalue weighted by Gasteiger charge is -2.40. The van der Waals surface area contributed by atoms with Gasteiger partial charge in [-0.3, -0.25) is 9.59 Å². The summed E-state index contributed by atoms with van der Waals surface area (Å²) in [4.78, 5) is 35.7. The van der Waals surface area contributed by atoms with Crippen LogP contribution in [0.2, 0.25) is 0 Å². The monoisotopic (exact) mass is 471 g/mol. The maximum Gasteiger partial charge on any atom is 0.290 e. The number of fused-ring (bicyclic) bond motifs is 2. The number of rotatable bonds is 3. The number of para-hydroxylation sites is 1. The summed E-state index contributed by atoms with van der Waals surface area (Å²) in [7, 11) is 0. The maximum atomic E-state index is 13.9. The van der Waals surface area contributed by atoms with Gasteiger partial charge in [0, 0.05) is 32.0 Å². The van der Waals surface area contributed by atoms with E-state index in [1.165, 1.54) is 11.0 Å². The van der Waals surface area contributed by atoms with Gasteiger partial charge in [0.2, 0.25) is 5.91 Å². The Kier molecular flexibility index (Phi) is 5.41. The van der Waals surface area contributed by atoms with Crippen LogP contribution in [-0.2, 0) is 17.8 Å². The fraction of sp³-hybridized carbons (Fsp3) is 0.296. The molecular formula is C27H25N3O3S. The molecule has 0 unspecified atom stereocenters. The molecule has 0 bridgehead atoms. The minimum Gasteiger partial charge on any atom is -0.459 e. The molecule has 7 heteroatoms. The van der Waals surface area contributed by atoms with Crippen molar-refractivity contribution in [2.75, 3.05) is 13.1 Å². The summed E-state index contributed by atoms with van der Waals surface area (Å²) >= 11 is 1.72. The van der Waals surface area contributed by atoms with Crippen molar-refractivity contribution in [2.45, 2.75) is 37.8 Å². The van der Waals surface area contributed by atoms with Crippen LogP contribution in [0.25, 0.3) is 10.2 Å². The van der Waals surface area contributed by atoms with Gasteiger partial charge in [0.05, 0.1) is 21.5 Å². The van der Waals surface area contributed by atoms with Gasteiger partial charge in [-0.05, 0) is 48.2 Å². The molecule has 2 amide bonds. The molecule has 4 heterocycles. The third-order valence-electron chi connectivity index (χ3n) is 6.92. The van der Waals surface area contributed by atoms with E-state index in [-0.39, 0.29) is 23.5 Å². The first-order valence-electron chi connectivity index (χ1n) is 11.7. The van der Waals surface area contributed by atoms with Crippen LogP contribution >= 0.6 is 11.3 Å². The van der Waals surface area contributed by atoms with Crippen LogP contribution in [0.3, 0.4) is 0 Å². The van der Waals surface area contributed by atoms with E-state index in [1.54, 1.807) is 28.4 Å². The summed E-state index contributed by atoms with van der Waals surface area (Å²) in [6, 6.07) is 19.1. The predicted molar refractivity (Wildman–Crippen MR) is 131 cm³/mol. The normalized spacial score (nSPS) is 20.4. The number of carbonyl (C=O) groups is 2. The number of furan rings is 1. The lowest BCUT2D eigenvalue weighted by Crippen LogP contribution is -2.55. The largest absolute Gasteiger partial charge is 0.459 e. The van der Waals surface area contributed by atoms with E-state index in [9.17, 15) is 9.59 Å². The van der Waals surface area contributed by atoms with Gasteiger partial charge in [0.1, 0.15) is 6.04 Å². The van der Waals surface area contributed by atoms with Crippen molar-refractivity contribution in [3.8, 4) is 0 Å². The standard InChI is InChI=1S/C27H25N3O3S/c31-26(29-13-5-9-20(16-29)25-28-21-10-3-4-12-24(21)34-25)22-15-18-7-1-2-8-19(18)17-30(22)27(32)23-11-6-14-33-23/h1-4,6-8,10-12,14,20,22H,5,9,13,15-17H2/t20-,22-/m0/s1. The zero-order valence-electron chi connectivity index (χ0n) is 18.7. The predicted octanol–water partition coefficient (Wildman–Crippen LogP) is 4.86. The Hall–Kier alpha value is -3.45. The van der Waals surface area contributed by atoms with Crippen molar-refractivity contribution < 1.29 is 14.0 Å². The number of hydrogen-bond donors (Lipinski definition) is 0. The molecule has 1 saturated heterocycles. The van der Waals surface area contributed by atoms with Crippen molar-refractivity contribution in [1.29, 1.82) is 0 Å². The van der Waals surface area contributed by atoms with Crippen LogP contribution in [0, 0.1) is 0 Å². The second-order valence-electron chi connectivity index (χ2n) is 9.04. The molecule has 2 aromatic carbocycles. The minimum atomic E-state index is -0.540. The highest BCUT2D eigenvalue weighted by molar-refractivity contribution is 7.18. The van der Waals surface area contributed by atoms with Gasteiger partial charge in [-0.25, -0.2) is 4.98 Å². The van der Waals surface area contributed by atoms with Gasteiger partial charge in [0.15, 0.2) is 5.76 Å². The summed E-state index contributed by atoms with van der Waals surface area (Å²) in [6.45, 7) is 1.75. The quantitative estimate of drug-likeness (QED) is 0.428.